The first-order chi connectivity index (χ1) is 13.6. The molecule has 5 nitrogen and oxygen atoms in total. The predicted octanol–water partition coefficient (Wildman–Crippen LogP) is 4.29. The van der Waals surface area contributed by atoms with E-state index >= 15 is 0 Å². The van der Waals surface area contributed by atoms with E-state index < -0.39 is 41.0 Å². The molecule has 2 heterocycles. The first-order valence-corrected chi connectivity index (χ1v) is 9.30. The fourth-order valence-electron chi connectivity index (χ4n) is 4.25. The number of carbonyl (C=O) groups is 1. The molecule has 2 aliphatic rings. The maximum atomic E-state index is 14.4. The van der Waals surface area contributed by atoms with Gasteiger partial charge in [0.1, 0.15) is 17.1 Å². The summed E-state index contributed by atoms with van der Waals surface area (Å²) in [5.41, 5.74) is -2.05. The average Bonchev–Trinajstić information content (AvgIpc) is 3.38. The zero-order valence-corrected chi connectivity index (χ0v) is 15.2. The standard InChI is InChI=1S/C19H18F5N3O2/c20-13-3-1-2-12(15(13)21)11-5-4-10(8-14(28)29)16-25-26-17(27(16)9-11)18(6-7-18)19(22,23)24/h1-3,10-11H,4-9H2,(H,28,29)/t10-,11+/m1/s1. The van der Waals surface area contributed by atoms with E-state index in [4.69, 9.17) is 0 Å². The van der Waals surface area contributed by atoms with Gasteiger partial charge in [-0.1, -0.05) is 12.1 Å². The van der Waals surface area contributed by atoms with Crippen LogP contribution in [0.1, 0.15) is 61.2 Å². The van der Waals surface area contributed by atoms with Gasteiger partial charge in [0.15, 0.2) is 11.6 Å². The molecular weight excluding hydrogens is 397 g/mol. The zero-order chi connectivity index (χ0) is 21.0. The molecule has 29 heavy (non-hydrogen) atoms. The molecule has 2 aromatic rings. The second-order valence-corrected chi connectivity index (χ2v) is 7.78. The van der Waals surface area contributed by atoms with E-state index in [-0.39, 0.29) is 49.4 Å². The van der Waals surface area contributed by atoms with Crippen molar-refractivity contribution in [1.82, 2.24) is 14.8 Å². The molecule has 1 aromatic carbocycles. The third-order valence-corrected chi connectivity index (χ3v) is 5.97. The van der Waals surface area contributed by atoms with Gasteiger partial charge in [-0.05, 0) is 37.3 Å². The molecule has 0 radical (unpaired) electrons. The maximum absolute atomic E-state index is 14.4. The molecule has 1 aromatic heterocycles. The van der Waals surface area contributed by atoms with Gasteiger partial charge in [-0.3, -0.25) is 4.79 Å². The third kappa shape index (κ3) is 3.28. The Morgan fingerprint density at radius 1 is 1.21 bits per heavy atom. The third-order valence-electron chi connectivity index (χ3n) is 5.97. The van der Waals surface area contributed by atoms with E-state index in [1.54, 1.807) is 0 Å². The lowest BCUT2D eigenvalue weighted by Crippen LogP contribution is -2.32. The molecule has 1 fully saturated rings. The molecule has 0 bridgehead atoms. The predicted molar refractivity (Wildman–Crippen MR) is 90.3 cm³/mol. The number of halogens is 5. The van der Waals surface area contributed by atoms with Crippen LogP contribution in [0.5, 0.6) is 0 Å². The summed E-state index contributed by atoms with van der Waals surface area (Å²) in [5.74, 6) is -4.56. The first-order valence-electron chi connectivity index (χ1n) is 9.30. The van der Waals surface area contributed by atoms with Crippen molar-refractivity contribution >= 4 is 5.97 Å². The minimum atomic E-state index is -4.52. The number of carboxylic acids is 1. The Morgan fingerprint density at radius 2 is 1.93 bits per heavy atom. The smallest absolute Gasteiger partial charge is 0.401 e. The van der Waals surface area contributed by atoms with Crippen LogP contribution in [0.3, 0.4) is 0 Å². The topological polar surface area (TPSA) is 68.0 Å². The molecule has 4 rings (SSSR count). The Morgan fingerprint density at radius 3 is 2.55 bits per heavy atom. The molecule has 1 N–H and O–H groups in total. The molecule has 1 saturated carbocycles. The van der Waals surface area contributed by atoms with E-state index in [0.29, 0.717) is 6.42 Å². The summed E-state index contributed by atoms with van der Waals surface area (Å²) in [6, 6.07) is 3.72. The molecule has 1 aliphatic heterocycles. The van der Waals surface area contributed by atoms with Gasteiger partial charge in [-0.15, -0.1) is 10.2 Å². The van der Waals surface area contributed by atoms with Crippen molar-refractivity contribution in [3.63, 3.8) is 0 Å². The van der Waals surface area contributed by atoms with Gasteiger partial charge in [-0.2, -0.15) is 13.2 Å². The van der Waals surface area contributed by atoms with E-state index in [1.165, 1.54) is 16.7 Å². The molecule has 0 amide bonds. The van der Waals surface area contributed by atoms with Crippen LogP contribution in [0.15, 0.2) is 18.2 Å². The Labute approximate surface area is 162 Å². The zero-order valence-electron chi connectivity index (χ0n) is 15.2. The summed E-state index contributed by atoms with van der Waals surface area (Å²) < 4.78 is 70.5. The van der Waals surface area contributed by atoms with Crippen LogP contribution in [0.25, 0.3) is 0 Å². The first kappa shape index (κ1) is 19.8. The van der Waals surface area contributed by atoms with Crippen molar-refractivity contribution in [2.75, 3.05) is 0 Å². The molecule has 156 valence electrons. The molecular formula is C19H18F5N3O2. The number of hydrogen-bond donors (Lipinski definition) is 1. The van der Waals surface area contributed by atoms with Crippen molar-refractivity contribution in [1.29, 1.82) is 0 Å². The number of benzene rings is 1. The van der Waals surface area contributed by atoms with Crippen LogP contribution in [-0.4, -0.2) is 32.0 Å². The Balaban J connectivity index is 1.80. The summed E-state index contributed by atoms with van der Waals surface area (Å²) in [6.07, 6.45) is -4.54. The van der Waals surface area contributed by atoms with E-state index in [1.807, 2.05) is 0 Å². The average molecular weight is 415 g/mol. The quantitative estimate of drug-likeness (QED) is 0.757. The van der Waals surface area contributed by atoms with Gasteiger partial charge in [0.25, 0.3) is 0 Å². The molecule has 0 spiro atoms. The molecule has 2 atom stereocenters. The highest BCUT2D eigenvalue weighted by molar-refractivity contribution is 5.67. The fraction of sp³-hybridized carbons (Fsp3) is 0.526. The number of hydrogen-bond acceptors (Lipinski definition) is 3. The van der Waals surface area contributed by atoms with Crippen LogP contribution >= 0.6 is 0 Å². The normalized spacial score (nSPS) is 23.3. The highest BCUT2D eigenvalue weighted by Crippen LogP contribution is 2.59. The minimum Gasteiger partial charge on any atom is -0.481 e. The van der Waals surface area contributed by atoms with Gasteiger partial charge >= 0.3 is 12.1 Å². The van der Waals surface area contributed by atoms with Crippen LogP contribution in [0, 0.1) is 11.6 Å². The lowest BCUT2D eigenvalue weighted by Gasteiger charge is -2.22. The van der Waals surface area contributed by atoms with Crippen molar-refractivity contribution in [3.8, 4) is 0 Å². The molecule has 10 heteroatoms. The number of alkyl halides is 3. The molecule has 1 aliphatic carbocycles. The van der Waals surface area contributed by atoms with E-state index in [0.717, 1.165) is 6.07 Å². The lowest BCUT2D eigenvalue weighted by molar-refractivity contribution is -0.163. The summed E-state index contributed by atoms with van der Waals surface area (Å²) in [7, 11) is 0. The highest BCUT2D eigenvalue weighted by atomic mass is 19.4. The Bertz CT molecular complexity index is 952. The second kappa shape index (κ2) is 6.77. The summed E-state index contributed by atoms with van der Waals surface area (Å²) in [6.45, 7) is -0.0635. The van der Waals surface area contributed by atoms with Crippen molar-refractivity contribution in [2.45, 2.75) is 62.1 Å². The van der Waals surface area contributed by atoms with Gasteiger partial charge < -0.3 is 9.67 Å². The minimum absolute atomic E-state index is 0.0587. The summed E-state index contributed by atoms with van der Waals surface area (Å²) in [4.78, 5) is 11.3. The van der Waals surface area contributed by atoms with Crippen LogP contribution in [-0.2, 0) is 16.8 Å². The SMILES string of the molecule is O=C(O)C[C@H]1CC[C@H](c2cccc(F)c2F)Cn2c1nnc2C1(C(F)(F)F)CC1. The van der Waals surface area contributed by atoms with Crippen LogP contribution in [0.4, 0.5) is 22.0 Å². The van der Waals surface area contributed by atoms with Crippen LogP contribution < -0.4 is 0 Å². The largest absolute Gasteiger partial charge is 0.481 e. The van der Waals surface area contributed by atoms with E-state index in [2.05, 4.69) is 10.2 Å². The van der Waals surface area contributed by atoms with Gasteiger partial charge in [-0.25, -0.2) is 8.78 Å². The van der Waals surface area contributed by atoms with E-state index in [9.17, 15) is 31.9 Å². The number of carboxylic acid groups (broad SMARTS) is 1. The molecule has 0 saturated heterocycles. The van der Waals surface area contributed by atoms with Gasteiger partial charge in [0.05, 0.1) is 6.42 Å². The number of nitrogens with zero attached hydrogens (tertiary/aromatic N) is 3. The Kier molecular flexibility index (Phi) is 4.62. The maximum Gasteiger partial charge on any atom is 0.401 e. The van der Waals surface area contributed by atoms with Gasteiger partial charge in [0, 0.05) is 18.4 Å². The number of aliphatic carboxylic acids is 1. The molecule has 0 unspecified atom stereocenters. The lowest BCUT2D eigenvalue weighted by atomic mass is 9.90. The Hall–Kier alpha value is -2.52. The monoisotopic (exact) mass is 415 g/mol. The number of rotatable bonds is 4. The van der Waals surface area contributed by atoms with Crippen molar-refractivity contribution < 1.29 is 31.9 Å². The van der Waals surface area contributed by atoms with Crippen LogP contribution in [0.2, 0.25) is 0 Å². The van der Waals surface area contributed by atoms with Crippen molar-refractivity contribution in [3.05, 3.63) is 47.0 Å². The second-order valence-electron chi connectivity index (χ2n) is 7.78. The van der Waals surface area contributed by atoms with Crippen molar-refractivity contribution in [2.24, 2.45) is 0 Å². The summed E-state index contributed by atoms with van der Waals surface area (Å²) in [5, 5.41) is 16.9. The number of fused-ring (bicyclic) bond motifs is 1. The number of aromatic nitrogens is 3. The fourth-order valence-corrected chi connectivity index (χ4v) is 4.25. The summed E-state index contributed by atoms with van der Waals surface area (Å²) >= 11 is 0. The highest BCUT2D eigenvalue weighted by Gasteiger charge is 2.67. The van der Waals surface area contributed by atoms with Gasteiger partial charge in [0.2, 0.25) is 0 Å².